The average molecular weight is 270 g/mol. The van der Waals surface area contributed by atoms with Gasteiger partial charge >= 0.3 is 5.97 Å². The zero-order chi connectivity index (χ0) is 14.5. The van der Waals surface area contributed by atoms with Gasteiger partial charge < -0.3 is 4.74 Å². The van der Waals surface area contributed by atoms with E-state index < -0.39 is 5.97 Å². The molecule has 0 saturated heterocycles. The second-order valence-corrected chi connectivity index (χ2v) is 4.44. The predicted octanol–water partition coefficient (Wildman–Crippen LogP) is 4.07. The summed E-state index contributed by atoms with van der Waals surface area (Å²) in [4.78, 5) is 11.2. The molecular weight excluding hydrogens is 255 g/mol. The Morgan fingerprint density at radius 1 is 1.10 bits per heavy atom. The van der Waals surface area contributed by atoms with E-state index in [2.05, 4.69) is 4.74 Å². The highest BCUT2D eigenvalue weighted by atomic mass is 19.1. The minimum atomic E-state index is -0.390. The number of hydrogen-bond donors (Lipinski definition) is 0. The molecule has 2 aromatic carbocycles. The molecule has 0 bridgehead atoms. The fraction of sp³-hybridized carbons (Fsp3) is 0.118. The minimum absolute atomic E-state index is 0.269. The molecule has 102 valence electrons. The van der Waals surface area contributed by atoms with E-state index in [-0.39, 0.29) is 5.82 Å². The van der Waals surface area contributed by atoms with Crippen molar-refractivity contribution in [2.24, 2.45) is 0 Å². The van der Waals surface area contributed by atoms with Gasteiger partial charge in [0.15, 0.2) is 0 Å². The predicted molar refractivity (Wildman–Crippen MR) is 77.5 cm³/mol. The first-order chi connectivity index (χ1) is 9.60. The molecule has 0 N–H and O–H groups in total. The number of carbonyl (C=O) groups is 1. The summed E-state index contributed by atoms with van der Waals surface area (Å²) in [5.41, 5.74) is 3.41. The Kier molecular flexibility index (Phi) is 4.31. The maximum Gasteiger partial charge on any atom is 0.330 e. The van der Waals surface area contributed by atoms with Crippen LogP contribution in [0.3, 0.4) is 0 Å². The number of halogens is 1. The highest BCUT2D eigenvalue weighted by Crippen LogP contribution is 2.24. The van der Waals surface area contributed by atoms with Crippen LogP contribution in [0.4, 0.5) is 4.39 Å². The summed E-state index contributed by atoms with van der Waals surface area (Å²) in [6.07, 6.45) is 1.44. The minimum Gasteiger partial charge on any atom is -0.466 e. The lowest BCUT2D eigenvalue weighted by Crippen LogP contribution is -1.95. The van der Waals surface area contributed by atoms with Crippen molar-refractivity contribution in [2.45, 2.75) is 6.92 Å². The topological polar surface area (TPSA) is 26.3 Å². The standard InChI is InChI=1S/C17H15FO2/c1-12(9-17(19)20-2)13-5-3-6-14(10-13)15-7-4-8-16(18)11-15/h3-11H,1-2H3/b12-9+. The van der Waals surface area contributed by atoms with Gasteiger partial charge in [-0.15, -0.1) is 0 Å². The first-order valence-corrected chi connectivity index (χ1v) is 6.23. The number of allylic oxidation sites excluding steroid dienone is 1. The van der Waals surface area contributed by atoms with E-state index in [1.807, 2.05) is 37.3 Å². The van der Waals surface area contributed by atoms with Crippen LogP contribution < -0.4 is 0 Å². The number of ether oxygens (including phenoxy) is 1. The molecule has 0 aliphatic rings. The molecule has 0 spiro atoms. The Labute approximate surface area is 117 Å². The molecule has 0 atom stereocenters. The van der Waals surface area contributed by atoms with Crippen LogP contribution in [0.5, 0.6) is 0 Å². The van der Waals surface area contributed by atoms with Crippen molar-refractivity contribution in [1.29, 1.82) is 0 Å². The van der Waals surface area contributed by atoms with Gasteiger partial charge in [-0.2, -0.15) is 0 Å². The maximum atomic E-state index is 13.3. The smallest absolute Gasteiger partial charge is 0.330 e. The molecule has 0 aromatic heterocycles. The lowest BCUT2D eigenvalue weighted by molar-refractivity contribution is -0.134. The van der Waals surface area contributed by atoms with Crippen LogP contribution in [0.2, 0.25) is 0 Å². The van der Waals surface area contributed by atoms with Crippen molar-refractivity contribution < 1.29 is 13.9 Å². The van der Waals surface area contributed by atoms with Crippen molar-refractivity contribution in [3.8, 4) is 11.1 Å². The zero-order valence-electron chi connectivity index (χ0n) is 11.4. The zero-order valence-corrected chi connectivity index (χ0v) is 11.4. The van der Waals surface area contributed by atoms with Gasteiger partial charge in [-0.3, -0.25) is 0 Å². The van der Waals surface area contributed by atoms with E-state index in [1.165, 1.54) is 25.3 Å². The summed E-state index contributed by atoms with van der Waals surface area (Å²) in [5, 5.41) is 0. The first kappa shape index (κ1) is 14.0. The maximum absolute atomic E-state index is 13.3. The van der Waals surface area contributed by atoms with E-state index in [4.69, 9.17) is 0 Å². The van der Waals surface area contributed by atoms with Crippen LogP contribution in [-0.4, -0.2) is 13.1 Å². The van der Waals surface area contributed by atoms with E-state index in [0.29, 0.717) is 0 Å². The SMILES string of the molecule is COC(=O)/C=C(\C)c1cccc(-c2cccc(F)c2)c1. The van der Waals surface area contributed by atoms with Crippen molar-refractivity contribution in [1.82, 2.24) is 0 Å². The molecule has 2 aromatic rings. The van der Waals surface area contributed by atoms with Crippen molar-refractivity contribution in [3.63, 3.8) is 0 Å². The molecule has 0 amide bonds. The number of esters is 1. The third kappa shape index (κ3) is 3.32. The largest absolute Gasteiger partial charge is 0.466 e. The molecule has 0 unspecified atom stereocenters. The summed E-state index contributed by atoms with van der Waals surface area (Å²) >= 11 is 0. The lowest BCUT2D eigenvalue weighted by atomic mass is 9.99. The highest BCUT2D eigenvalue weighted by molar-refractivity contribution is 5.91. The van der Waals surface area contributed by atoms with Crippen LogP contribution in [0.1, 0.15) is 12.5 Å². The van der Waals surface area contributed by atoms with Gasteiger partial charge in [0.2, 0.25) is 0 Å². The van der Waals surface area contributed by atoms with Crippen LogP contribution in [0.25, 0.3) is 16.7 Å². The Hall–Kier alpha value is -2.42. The molecule has 20 heavy (non-hydrogen) atoms. The highest BCUT2D eigenvalue weighted by Gasteiger charge is 2.03. The van der Waals surface area contributed by atoms with Crippen LogP contribution >= 0.6 is 0 Å². The van der Waals surface area contributed by atoms with Gasteiger partial charge in [0.1, 0.15) is 5.82 Å². The summed E-state index contributed by atoms with van der Waals surface area (Å²) < 4.78 is 17.9. The van der Waals surface area contributed by atoms with Crippen molar-refractivity contribution >= 4 is 11.5 Å². The summed E-state index contributed by atoms with van der Waals surface area (Å²) in [6, 6.07) is 14.0. The van der Waals surface area contributed by atoms with Crippen LogP contribution in [-0.2, 0) is 9.53 Å². The summed E-state index contributed by atoms with van der Waals surface area (Å²) in [6.45, 7) is 1.83. The quantitative estimate of drug-likeness (QED) is 0.620. The molecule has 2 nitrogen and oxygen atoms in total. The number of rotatable bonds is 3. The van der Waals surface area contributed by atoms with Gasteiger partial charge in [-0.05, 0) is 47.4 Å². The second kappa shape index (κ2) is 6.15. The first-order valence-electron chi connectivity index (χ1n) is 6.23. The normalized spacial score (nSPS) is 11.2. The van der Waals surface area contributed by atoms with Gasteiger partial charge in [-0.25, -0.2) is 9.18 Å². The molecule has 0 heterocycles. The van der Waals surface area contributed by atoms with Crippen LogP contribution in [0, 0.1) is 5.82 Å². The lowest BCUT2D eigenvalue weighted by Gasteiger charge is -2.06. The molecule has 0 aliphatic carbocycles. The van der Waals surface area contributed by atoms with Gasteiger partial charge in [0.05, 0.1) is 7.11 Å². The molecule has 0 aliphatic heterocycles. The van der Waals surface area contributed by atoms with Gasteiger partial charge in [0, 0.05) is 6.08 Å². The average Bonchev–Trinajstić information content (AvgIpc) is 2.47. The number of carbonyl (C=O) groups excluding carboxylic acids is 1. The molecule has 0 radical (unpaired) electrons. The molecule has 0 fully saturated rings. The number of benzene rings is 2. The Bertz CT molecular complexity index is 660. The number of hydrogen-bond acceptors (Lipinski definition) is 2. The fourth-order valence-electron chi connectivity index (χ4n) is 1.93. The Balaban J connectivity index is 2.38. The van der Waals surface area contributed by atoms with Gasteiger partial charge in [0.25, 0.3) is 0 Å². The van der Waals surface area contributed by atoms with E-state index in [1.54, 1.807) is 6.07 Å². The van der Waals surface area contributed by atoms with E-state index in [9.17, 15) is 9.18 Å². The van der Waals surface area contributed by atoms with Crippen LogP contribution in [0.15, 0.2) is 54.6 Å². The third-order valence-corrected chi connectivity index (χ3v) is 3.01. The second-order valence-electron chi connectivity index (χ2n) is 4.44. The Morgan fingerprint density at radius 3 is 2.40 bits per heavy atom. The van der Waals surface area contributed by atoms with Crippen molar-refractivity contribution in [2.75, 3.05) is 7.11 Å². The summed E-state index contributed by atoms with van der Waals surface area (Å²) in [5.74, 6) is -0.659. The van der Waals surface area contributed by atoms with E-state index >= 15 is 0 Å². The third-order valence-electron chi connectivity index (χ3n) is 3.01. The van der Waals surface area contributed by atoms with Crippen molar-refractivity contribution in [3.05, 3.63) is 66.0 Å². The fourth-order valence-corrected chi connectivity index (χ4v) is 1.93. The molecule has 2 rings (SSSR count). The Morgan fingerprint density at radius 2 is 1.75 bits per heavy atom. The molecular formula is C17H15FO2. The number of methoxy groups -OCH3 is 1. The monoisotopic (exact) mass is 270 g/mol. The summed E-state index contributed by atoms with van der Waals surface area (Å²) in [7, 11) is 1.34. The molecule has 0 saturated carbocycles. The van der Waals surface area contributed by atoms with Gasteiger partial charge in [-0.1, -0.05) is 30.3 Å². The molecule has 3 heteroatoms. The van der Waals surface area contributed by atoms with E-state index in [0.717, 1.165) is 22.3 Å².